The van der Waals surface area contributed by atoms with E-state index < -0.39 is 0 Å². The molecular formula is C15H13Br2FO3. The largest absolute Gasteiger partial charge is 0.493 e. The van der Waals surface area contributed by atoms with Gasteiger partial charge in [0.2, 0.25) is 0 Å². The van der Waals surface area contributed by atoms with Gasteiger partial charge in [-0.05, 0) is 57.4 Å². The molecule has 3 nitrogen and oxygen atoms in total. The smallest absolute Gasteiger partial charge is 0.175 e. The molecule has 21 heavy (non-hydrogen) atoms. The Labute approximate surface area is 139 Å². The number of rotatable bonds is 5. The van der Waals surface area contributed by atoms with Crippen molar-refractivity contribution in [2.45, 2.75) is 13.2 Å². The van der Waals surface area contributed by atoms with Crippen LogP contribution in [0.2, 0.25) is 0 Å². The summed E-state index contributed by atoms with van der Waals surface area (Å²) >= 11 is 6.63. The molecule has 0 heterocycles. The van der Waals surface area contributed by atoms with Crippen LogP contribution in [0, 0.1) is 5.82 Å². The lowest BCUT2D eigenvalue weighted by Crippen LogP contribution is -2.00. The van der Waals surface area contributed by atoms with E-state index in [9.17, 15) is 9.50 Å². The molecule has 0 saturated carbocycles. The highest BCUT2D eigenvalue weighted by Gasteiger charge is 2.12. The van der Waals surface area contributed by atoms with Crippen LogP contribution < -0.4 is 9.47 Å². The second kappa shape index (κ2) is 7.24. The molecule has 2 aromatic carbocycles. The van der Waals surface area contributed by atoms with Gasteiger partial charge in [0.25, 0.3) is 0 Å². The summed E-state index contributed by atoms with van der Waals surface area (Å²) in [6.45, 7) is 0.107. The number of methoxy groups -OCH3 is 1. The summed E-state index contributed by atoms with van der Waals surface area (Å²) < 4.78 is 25.6. The number of hydrogen-bond acceptors (Lipinski definition) is 3. The fourth-order valence-electron chi connectivity index (χ4n) is 1.85. The molecule has 0 bridgehead atoms. The quantitative estimate of drug-likeness (QED) is 0.778. The first-order valence-electron chi connectivity index (χ1n) is 6.08. The van der Waals surface area contributed by atoms with Gasteiger partial charge >= 0.3 is 0 Å². The van der Waals surface area contributed by atoms with Gasteiger partial charge < -0.3 is 14.6 Å². The first-order valence-corrected chi connectivity index (χ1v) is 7.67. The van der Waals surface area contributed by atoms with Crippen LogP contribution in [-0.2, 0) is 13.2 Å². The number of benzene rings is 2. The van der Waals surface area contributed by atoms with E-state index in [2.05, 4.69) is 31.9 Å². The Balaban J connectivity index is 2.23. The van der Waals surface area contributed by atoms with Crippen molar-refractivity contribution >= 4 is 31.9 Å². The van der Waals surface area contributed by atoms with Gasteiger partial charge in [-0.2, -0.15) is 0 Å². The summed E-state index contributed by atoms with van der Waals surface area (Å²) in [7, 11) is 1.52. The predicted molar refractivity (Wildman–Crippen MR) is 85.0 cm³/mol. The first-order chi connectivity index (χ1) is 10.0. The number of aliphatic hydroxyl groups excluding tert-OH is 1. The van der Waals surface area contributed by atoms with Crippen LogP contribution >= 0.6 is 31.9 Å². The average molecular weight is 420 g/mol. The van der Waals surface area contributed by atoms with Crippen molar-refractivity contribution in [3.63, 3.8) is 0 Å². The van der Waals surface area contributed by atoms with E-state index in [1.54, 1.807) is 18.2 Å². The van der Waals surface area contributed by atoms with E-state index in [0.29, 0.717) is 31.6 Å². The summed E-state index contributed by atoms with van der Waals surface area (Å²) in [5, 5.41) is 9.18. The van der Waals surface area contributed by atoms with Gasteiger partial charge in [-0.3, -0.25) is 0 Å². The van der Waals surface area contributed by atoms with Gasteiger partial charge in [-0.25, -0.2) is 4.39 Å². The van der Waals surface area contributed by atoms with Crippen molar-refractivity contribution < 1.29 is 19.0 Å². The van der Waals surface area contributed by atoms with Gasteiger partial charge in [0.1, 0.15) is 12.4 Å². The fraction of sp³-hybridized carbons (Fsp3) is 0.200. The van der Waals surface area contributed by atoms with Crippen LogP contribution in [0.4, 0.5) is 4.39 Å². The van der Waals surface area contributed by atoms with Crippen LogP contribution in [0.3, 0.4) is 0 Å². The van der Waals surface area contributed by atoms with Crippen molar-refractivity contribution in [1.29, 1.82) is 0 Å². The van der Waals surface area contributed by atoms with Crippen LogP contribution in [0.5, 0.6) is 11.5 Å². The first kappa shape index (κ1) is 16.3. The Morgan fingerprint density at radius 1 is 1.10 bits per heavy atom. The molecule has 0 fully saturated rings. The Bertz CT molecular complexity index is 627. The zero-order chi connectivity index (χ0) is 15.4. The molecule has 0 saturated heterocycles. The molecule has 2 aromatic rings. The van der Waals surface area contributed by atoms with Crippen molar-refractivity contribution in [1.82, 2.24) is 0 Å². The molecule has 0 aliphatic rings. The van der Waals surface area contributed by atoms with Crippen LogP contribution in [0.15, 0.2) is 39.3 Å². The molecule has 0 aliphatic carbocycles. The standard InChI is InChI=1S/C15H13Br2FO3/c1-20-14-5-9(7-19)4-13(17)15(14)21-8-10-2-11(16)6-12(18)3-10/h2-6,19H,7-8H2,1H3. The lowest BCUT2D eigenvalue weighted by Gasteiger charge is -2.14. The molecule has 0 spiro atoms. The topological polar surface area (TPSA) is 38.7 Å². The minimum Gasteiger partial charge on any atom is -0.493 e. The van der Waals surface area contributed by atoms with Gasteiger partial charge in [-0.1, -0.05) is 15.9 Å². The molecule has 0 amide bonds. The van der Waals surface area contributed by atoms with Crippen molar-refractivity contribution in [3.05, 3.63) is 56.2 Å². The maximum Gasteiger partial charge on any atom is 0.175 e. The Hall–Kier alpha value is -1.11. The Morgan fingerprint density at radius 2 is 1.86 bits per heavy atom. The van der Waals surface area contributed by atoms with Gasteiger partial charge in [0.05, 0.1) is 18.2 Å². The summed E-state index contributed by atoms with van der Waals surface area (Å²) in [6, 6.07) is 8.02. The van der Waals surface area contributed by atoms with E-state index in [-0.39, 0.29) is 19.0 Å². The zero-order valence-corrected chi connectivity index (χ0v) is 14.4. The van der Waals surface area contributed by atoms with Crippen LogP contribution in [0.1, 0.15) is 11.1 Å². The minimum absolute atomic E-state index is 0.0912. The molecular weight excluding hydrogens is 407 g/mol. The van der Waals surface area contributed by atoms with E-state index >= 15 is 0 Å². The fourth-order valence-corrected chi connectivity index (χ4v) is 2.97. The number of ether oxygens (including phenoxy) is 2. The molecule has 0 unspecified atom stereocenters. The van der Waals surface area contributed by atoms with Crippen LogP contribution in [-0.4, -0.2) is 12.2 Å². The third kappa shape index (κ3) is 4.18. The highest BCUT2D eigenvalue weighted by molar-refractivity contribution is 9.10. The lowest BCUT2D eigenvalue weighted by atomic mass is 10.2. The maximum absolute atomic E-state index is 13.3. The Kier molecular flexibility index (Phi) is 5.61. The van der Waals surface area contributed by atoms with Crippen LogP contribution in [0.25, 0.3) is 0 Å². The third-order valence-corrected chi connectivity index (χ3v) is 3.82. The third-order valence-electron chi connectivity index (χ3n) is 2.78. The zero-order valence-electron chi connectivity index (χ0n) is 11.2. The molecule has 0 atom stereocenters. The molecule has 1 N–H and O–H groups in total. The second-order valence-electron chi connectivity index (χ2n) is 4.33. The predicted octanol–water partition coefficient (Wildman–Crippen LogP) is 4.43. The number of aliphatic hydroxyl groups is 1. The van der Waals surface area contributed by atoms with Gasteiger partial charge in [-0.15, -0.1) is 0 Å². The van der Waals surface area contributed by atoms with E-state index in [0.717, 1.165) is 0 Å². The highest BCUT2D eigenvalue weighted by atomic mass is 79.9. The van der Waals surface area contributed by atoms with Gasteiger partial charge in [0.15, 0.2) is 11.5 Å². The molecule has 6 heteroatoms. The maximum atomic E-state index is 13.3. The summed E-state index contributed by atoms with van der Waals surface area (Å²) in [4.78, 5) is 0. The number of hydrogen-bond donors (Lipinski definition) is 1. The Morgan fingerprint density at radius 3 is 2.48 bits per heavy atom. The second-order valence-corrected chi connectivity index (χ2v) is 6.10. The van der Waals surface area contributed by atoms with Crippen molar-refractivity contribution in [2.75, 3.05) is 7.11 Å². The number of halogens is 3. The lowest BCUT2D eigenvalue weighted by molar-refractivity contribution is 0.272. The average Bonchev–Trinajstić information content (AvgIpc) is 2.44. The van der Waals surface area contributed by atoms with Crippen molar-refractivity contribution in [2.24, 2.45) is 0 Å². The van der Waals surface area contributed by atoms with E-state index in [4.69, 9.17) is 9.47 Å². The van der Waals surface area contributed by atoms with Crippen molar-refractivity contribution in [3.8, 4) is 11.5 Å². The molecule has 2 rings (SSSR count). The highest BCUT2D eigenvalue weighted by Crippen LogP contribution is 2.37. The molecule has 0 radical (unpaired) electrons. The van der Waals surface area contributed by atoms with E-state index in [1.165, 1.54) is 19.2 Å². The molecule has 112 valence electrons. The SMILES string of the molecule is COc1cc(CO)cc(Br)c1OCc1cc(F)cc(Br)c1. The summed E-state index contributed by atoms with van der Waals surface area (Å²) in [5.74, 6) is 0.684. The summed E-state index contributed by atoms with van der Waals surface area (Å²) in [6.07, 6.45) is 0. The van der Waals surface area contributed by atoms with E-state index in [1.807, 2.05) is 0 Å². The monoisotopic (exact) mass is 418 g/mol. The molecule has 0 aromatic heterocycles. The normalized spacial score (nSPS) is 10.5. The minimum atomic E-state index is -0.329. The molecule has 0 aliphatic heterocycles. The van der Waals surface area contributed by atoms with Gasteiger partial charge in [0, 0.05) is 4.47 Å². The summed E-state index contributed by atoms with van der Waals surface area (Å²) in [5.41, 5.74) is 1.40.